The summed E-state index contributed by atoms with van der Waals surface area (Å²) in [6.45, 7) is 7.56. The van der Waals surface area contributed by atoms with E-state index in [4.69, 9.17) is 0 Å². The summed E-state index contributed by atoms with van der Waals surface area (Å²) in [7, 11) is 0. The van der Waals surface area contributed by atoms with Gasteiger partial charge >= 0.3 is 0 Å². The highest BCUT2D eigenvalue weighted by Crippen LogP contribution is 2.21. The van der Waals surface area contributed by atoms with Crippen LogP contribution in [0, 0.1) is 19.8 Å². The van der Waals surface area contributed by atoms with Gasteiger partial charge in [-0.15, -0.1) is 24.8 Å². The number of aromatic amines is 1. The number of halogens is 2. The fourth-order valence-electron chi connectivity index (χ4n) is 4.19. The number of H-pyrrole nitrogens is 1. The molecule has 2 aliphatic heterocycles. The monoisotopic (exact) mass is 441 g/mol. The van der Waals surface area contributed by atoms with Crippen molar-refractivity contribution in [1.82, 2.24) is 25.0 Å². The standard InChI is InChI=1S/C20H27N5O2.2ClH/c1-13-5-8-24(11-15-4-3-7-21-10-15)19(26)18(13)20(27)25-9-6-17-16(12-25)14(2)22-23-17;;/h5,8,15,21H,3-4,6-7,9-12H2,1-2H3,(H,22,23);2*1H. The Hall–Kier alpha value is -1.83. The lowest BCUT2D eigenvalue weighted by atomic mass is 9.99. The number of aryl methyl sites for hydroxylation is 2. The minimum Gasteiger partial charge on any atom is -0.334 e. The summed E-state index contributed by atoms with van der Waals surface area (Å²) in [6, 6.07) is 1.89. The Bertz CT molecular complexity index is 918. The van der Waals surface area contributed by atoms with E-state index in [1.807, 2.05) is 26.1 Å². The average Bonchev–Trinajstić information content (AvgIpc) is 3.05. The van der Waals surface area contributed by atoms with Crippen LogP contribution in [0.5, 0.6) is 0 Å². The maximum Gasteiger partial charge on any atom is 0.263 e. The van der Waals surface area contributed by atoms with E-state index in [1.54, 1.807) is 9.47 Å². The average molecular weight is 442 g/mol. The fourth-order valence-corrected chi connectivity index (χ4v) is 4.19. The van der Waals surface area contributed by atoms with E-state index in [0.717, 1.165) is 54.9 Å². The molecule has 0 bridgehead atoms. The predicted molar refractivity (Wildman–Crippen MR) is 117 cm³/mol. The number of hydrogen-bond acceptors (Lipinski definition) is 4. The Morgan fingerprint density at radius 2 is 2.10 bits per heavy atom. The Kier molecular flexibility index (Phi) is 7.91. The van der Waals surface area contributed by atoms with E-state index in [-0.39, 0.29) is 36.3 Å². The van der Waals surface area contributed by atoms with Crippen LogP contribution in [0.15, 0.2) is 17.1 Å². The zero-order valence-corrected chi connectivity index (χ0v) is 18.5. The molecule has 2 aromatic heterocycles. The molecule has 1 atom stereocenters. The lowest BCUT2D eigenvalue weighted by molar-refractivity contribution is 0.0730. The number of aromatic nitrogens is 3. The number of nitrogens with one attached hydrogen (secondary N) is 2. The van der Waals surface area contributed by atoms with Crippen molar-refractivity contribution in [2.45, 2.75) is 46.2 Å². The van der Waals surface area contributed by atoms with Crippen LogP contribution in [-0.2, 0) is 19.5 Å². The Morgan fingerprint density at radius 1 is 1.31 bits per heavy atom. The SMILES string of the molecule is Cc1ccn(CC2CCCNC2)c(=O)c1C(=O)N1CCc2n[nH]c(C)c2C1.Cl.Cl. The van der Waals surface area contributed by atoms with Crippen molar-refractivity contribution in [1.29, 1.82) is 0 Å². The number of fused-ring (bicyclic) bond motifs is 1. The quantitative estimate of drug-likeness (QED) is 0.764. The molecular formula is C20H29Cl2N5O2. The van der Waals surface area contributed by atoms with Gasteiger partial charge in [-0.05, 0) is 57.3 Å². The molecule has 0 radical (unpaired) electrons. The summed E-state index contributed by atoms with van der Waals surface area (Å²) in [6.07, 6.45) is 4.80. The van der Waals surface area contributed by atoms with Crippen molar-refractivity contribution in [3.63, 3.8) is 0 Å². The summed E-state index contributed by atoms with van der Waals surface area (Å²) in [5.74, 6) is 0.271. The van der Waals surface area contributed by atoms with Gasteiger partial charge in [0.05, 0.1) is 5.69 Å². The molecule has 0 aromatic carbocycles. The first-order chi connectivity index (χ1) is 13.0. The summed E-state index contributed by atoms with van der Waals surface area (Å²) < 4.78 is 1.72. The van der Waals surface area contributed by atoms with Crippen molar-refractivity contribution < 1.29 is 4.79 Å². The van der Waals surface area contributed by atoms with Crippen LogP contribution in [0.2, 0.25) is 0 Å². The van der Waals surface area contributed by atoms with Crippen LogP contribution < -0.4 is 10.9 Å². The van der Waals surface area contributed by atoms with E-state index < -0.39 is 0 Å². The van der Waals surface area contributed by atoms with Gasteiger partial charge in [-0.2, -0.15) is 5.10 Å². The van der Waals surface area contributed by atoms with Crippen molar-refractivity contribution in [2.75, 3.05) is 19.6 Å². The zero-order chi connectivity index (χ0) is 19.0. The molecule has 29 heavy (non-hydrogen) atoms. The third-order valence-corrected chi connectivity index (χ3v) is 5.86. The van der Waals surface area contributed by atoms with Crippen molar-refractivity contribution in [3.05, 3.63) is 50.7 Å². The molecular weight excluding hydrogens is 413 g/mol. The van der Waals surface area contributed by atoms with Gasteiger partial charge in [0.2, 0.25) is 0 Å². The van der Waals surface area contributed by atoms with Crippen molar-refractivity contribution in [3.8, 4) is 0 Å². The van der Waals surface area contributed by atoms with E-state index in [9.17, 15) is 9.59 Å². The van der Waals surface area contributed by atoms with E-state index in [2.05, 4.69) is 15.5 Å². The lowest BCUT2D eigenvalue weighted by Gasteiger charge is -2.28. The molecule has 1 fully saturated rings. The first-order valence-corrected chi connectivity index (χ1v) is 9.77. The molecule has 2 aromatic rings. The maximum absolute atomic E-state index is 13.2. The van der Waals surface area contributed by atoms with E-state index in [1.165, 1.54) is 0 Å². The maximum atomic E-state index is 13.2. The van der Waals surface area contributed by atoms with Gasteiger partial charge in [0, 0.05) is 43.5 Å². The Labute approximate surface area is 183 Å². The Morgan fingerprint density at radius 3 is 2.83 bits per heavy atom. The number of piperidine rings is 1. The van der Waals surface area contributed by atoms with E-state index >= 15 is 0 Å². The van der Waals surface area contributed by atoms with Crippen LogP contribution in [-0.4, -0.2) is 45.2 Å². The lowest BCUT2D eigenvalue weighted by Crippen LogP contribution is -2.41. The molecule has 0 saturated carbocycles. The highest BCUT2D eigenvalue weighted by atomic mass is 35.5. The largest absolute Gasteiger partial charge is 0.334 e. The number of hydrogen-bond donors (Lipinski definition) is 2. The topological polar surface area (TPSA) is 83.0 Å². The fraction of sp³-hybridized carbons (Fsp3) is 0.550. The van der Waals surface area contributed by atoms with Gasteiger partial charge in [0.15, 0.2) is 0 Å². The summed E-state index contributed by atoms with van der Waals surface area (Å²) in [4.78, 5) is 28.1. The summed E-state index contributed by atoms with van der Waals surface area (Å²) in [5.41, 5.74) is 4.00. The zero-order valence-electron chi connectivity index (χ0n) is 16.9. The van der Waals surface area contributed by atoms with Gasteiger partial charge in [0.25, 0.3) is 11.5 Å². The normalized spacial score (nSPS) is 18.4. The molecule has 0 spiro atoms. The van der Waals surface area contributed by atoms with Gasteiger partial charge in [-0.25, -0.2) is 0 Å². The van der Waals surface area contributed by atoms with Crippen LogP contribution in [0.3, 0.4) is 0 Å². The van der Waals surface area contributed by atoms with Gasteiger partial charge < -0.3 is 14.8 Å². The van der Waals surface area contributed by atoms with Crippen molar-refractivity contribution in [2.24, 2.45) is 5.92 Å². The number of nitrogens with zero attached hydrogens (tertiary/aromatic N) is 3. The highest BCUT2D eigenvalue weighted by Gasteiger charge is 2.28. The van der Waals surface area contributed by atoms with Crippen LogP contribution in [0.4, 0.5) is 0 Å². The molecule has 2 aliphatic rings. The first-order valence-electron chi connectivity index (χ1n) is 9.77. The molecule has 7 nitrogen and oxygen atoms in total. The molecule has 0 aliphatic carbocycles. The summed E-state index contributed by atoms with van der Waals surface area (Å²) in [5, 5.41) is 10.7. The van der Waals surface area contributed by atoms with Crippen LogP contribution >= 0.6 is 24.8 Å². The minimum atomic E-state index is -0.167. The Balaban J connectivity index is 0.00000150. The molecule has 1 amide bonds. The third-order valence-electron chi connectivity index (χ3n) is 5.86. The van der Waals surface area contributed by atoms with Crippen LogP contribution in [0.1, 0.15) is 45.7 Å². The first kappa shape index (κ1) is 23.4. The highest BCUT2D eigenvalue weighted by molar-refractivity contribution is 5.95. The van der Waals surface area contributed by atoms with Gasteiger partial charge in [-0.3, -0.25) is 14.7 Å². The van der Waals surface area contributed by atoms with Crippen molar-refractivity contribution >= 4 is 30.7 Å². The molecule has 4 rings (SSSR count). The number of amides is 1. The predicted octanol–water partition coefficient (Wildman–Crippen LogP) is 2.23. The third kappa shape index (κ3) is 4.68. The van der Waals surface area contributed by atoms with E-state index in [0.29, 0.717) is 31.1 Å². The van der Waals surface area contributed by atoms with Gasteiger partial charge in [-0.1, -0.05) is 0 Å². The summed E-state index contributed by atoms with van der Waals surface area (Å²) >= 11 is 0. The number of carbonyl (C=O) groups is 1. The molecule has 160 valence electrons. The molecule has 1 unspecified atom stereocenters. The van der Waals surface area contributed by atoms with Crippen LogP contribution in [0.25, 0.3) is 0 Å². The van der Waals surface area contributed by atoms with Gasteiger partial charge in [0.1, 0.15) is 5.56 Å². The number of carbonyl (C=O) groups excluding carboxylic acids is 1. The molecule has 9 heteroatoms. The second-order valence-electron chi connectivity index (χ2n) is 7.79. The molecule has 1 saturated heterocycles. The number of pyridine rings is 1. The number of rotatable bonds is 3. The second kappa shape index (κ2) is 9.78. The second-order valence-corrected chi connectivity index (χ2v) is 7.79. The minimum absolute atomic E-state index is 0. The molecule has 4 heterocycles. The molecule has 2 N–H and O–H groups in total. The smallest absolute Gasteiger partial charge is 0.263 e.